The van der Waals surface area contributed by atoms with Crippen molar-refractivity contribution in [2.75, 3.05) is 0 Å². The van der Waals surface area contributed by atoms with Gasteiger partial charge in [0, 0.05) is 30.6 Å². The molecular weight excluding hydrogens is 240 g/mol. The molecule has 0 bridgehead atoms. The Balaban J connectivity index is 2.87. The van der Waals surface area contributed by atoms with Crippen LogP contribution in [-0.4, -0.2) is 11.0 Å². The molecular formula is C15H20N2O2. The van der Waals surface area contributed by atoms with Gasteiger partial charge in [0.05, 0.1) is 4.92 Å². The first kappa shape index (κ1) is 15.2. The molecule has 0 radical (unpaired) electrons. The Hall–Kier alpha value is -1.86. The molecule has 4 heteroatoms. The number of hydrogen-bond donors (Lipinski definition) is 1. The van der Waals surface area contributed by atoms with Crippen molar-refractivity contribution in [3.05, 3.63) is 39.9 Å². The quantitative estimate of drug-likeness (QED) is 0.464. The van der Waals surface area contributed by atoms with Crippen LogP contribution in [-0.2, 0) is 0 Å². The van der Waals surface area contributed by atoms with Crippen LogP contribution in [0.1, 0.15) is 44.7 Å². The van der Waals surface area contributed by atoms with Gasteiger partial charge < -0.3 is 5.32 Å². The van der Waals surface area contributed by atoms with E-state index in [1.165, 1.54) is 6.07 Å². The van der Waals surface area contributed by atoms with Gasteiger partial charge in [-0.15, -0.1) is 12.3 Å². The Labute approximate surface area is 114 Å². The molecule has 2 unspecified atom stereocenters. The van der Waals surface area contributed by atoms with Gasteiger partial charge in [0.2, 0.25) is 0 Å². The van der Waals surface area contributed by atoms with Crippen LogP contribution < -0.4 is 5.32 Å². The topological polar surface area (TPSA) is 55.2 Å². The summed E-state index contributed by atoms with van der Waals surface area (Å²) in [6.07, 6.45) is 7.82. The highest BCUT2D eigenvalue weighted by atomic mass is 16.6. The second-order valence-electron chi connectivity index (χ2n) is 4.49. The first-order valence-electron chi connectivity index (χ1n) is 6.56. The van der Waals surface area contributed by atoms with Crippen molar-refractivity contribution in [3.63, 3.8) is 0 Å². The Bertz CT molecular complexity index is 465. The summed E-state index contributed by atoms with van der Waals surface area (Å²) in [6, 6.07) is 7.11. The van der Waals surface area contributed by atoms with Crippen LogP contribution in [0.5, 0.6) is 0 Å². The van der Waals surface area contributed by atoms with Gasteiger partial charge in [-0.05, 0) is 18.4 Å². The minimum atomic E-state index is -0.366. The van der Waals surface area contributed by atoms with Gasteiger partial charge in [0.25, 0.3) is 5.69 Å². The first-order chi connectivity index (χ1) is 9.12. The summed E-state index contributed by atoms with van der Waals surface area (Å²) >= 11 is 0. The minimum absolute atomic E-state index is 0.0956. The average Bonchev–Trinajstić information content (AvgIpc) is 2.43. The number of benzene rings is 1. The van der Waals surface area contributed by atoms with Crippen molar-refractivity contribution >= 4 is 5.69 Å². The monoisotopic (exact) mass is 260 g/mol. The lowest BCUT2D eigenvalue weighted by Gasteiger charge is -2.23. The zero-order valence-electron chi connectivity index (χ0n) is 11.4. The molecule has 0 saturated heterocycles. The second kappa shape index (κ2) is 7.55. The number of rotatable bonds is 7. The third-order valence-corrected chi connectivity index (χ3v) is 3.19. The lowest BCUT2D eigenvalue weighted by molar-refractivity contribution is -0.384. The Morgan fingerprint density at radius 2 is 2.16 bits per heavy atom. The van der Waals surface area contributed by atoms with E-state index in [4.69, 9.17) is 6.42 Å². The molecule has 4 nitrogen and oxygen atoms in total. The highest BCUT2D eigenvalue weighted by Crippen LogP contribution is 2.22. The Morgan fingerprint density at radius 1 is 1.42 bits per heavy atom. The summed E-state index contributed by atoms with van der Waals surface area (Å²) in [4.78, 5) is 10.4. The molecule has 2 atom stereocenters. The molecule has 0 heterocycles. The largest absolute Gasteiger partial charge is 0.306 e. The second-order valence-corrected chi connectivity index (χ2v) is 4.49. The maximum Gasteiger partial charge on any atom is 0.269 e. The molecule has 0 amide bonds. The molecule has 1 aromatic rings. The van der Waals surface area contributed by atoms with E-state index in [9.17, 15) is 10.1 Å². The van der Waals surface area contributed by atoms with Crippen molar-refractivity contribution < 1.29 is 4.92 Å². The molecule has 1 N–H and O–H groups in total. The number of nitrogens with one attached hydrogen (secondary N) is 1. The Kier molecular flexibility index (Phi) is 6.04. The summed E-state index contributed by atoms with van der Waals surface area (Å²) in [7, 11) is 0. The summed E-state index contributed by atoms with van der Waals surface area (Å²) < 4.78 is 0. The third kappa shape index (κ3) is 4.38. The fourth-order valence-electron chi connectivity index (χ4n) is 2.05. The van der Waals surface area contributed by atoms with Gasteiger partial charge in [0.15, 0.2) is 0 Å². The molecule has 0 aliphatic carbocycles. The van der Waals surface area contributed by atoms with Crippen LogP contribution in [0.15, 0.2) is 24.3 Å². The molecule has 0 fully saturated rings. The van der Waals surface area contributed by atoms with Gasteiger partial charge >= 0.3 is 0 Å². The van der Waals surface area contributed by atoms with Gasteiger partial charge in [-0.3, -0.25) is 10.1 Å². The molecule has 19 heavy (non-hydrogen) atoms. The molecule has 0 aromatic heterocycles. The summed E-state index contributed by atoms with van der Waals surface area (Å²) in [5, 5.41) is 14.3. The molecule has 102 valence electrons. The fourth-order valence-corrected chi connectivity index (χ4v) is 2.05. The summed E-state index contributed by atoms with van der Waals surface area (Å²) in [6.45, 7) is 4.13. The Morgan fingerprint density at radius 3 is 2.68 bits per heavy atom. The van der Waals surface area contributed by atoms with E-state index in [1.54, 1.807) is 12.1 Å². The van der Waals surface area contributed by atoms with Gasteiger partial charge in [-0.1, -0.05) is 26.0 Å². The van der Waals surface area contributed by atoms with Crippen LogP contribution in [0.2, 0.25) is 0 Å². The number of nitro benzene ring substituents is 1. The van der Waals surface area contributed by atoms with Crippen molar-refractivity contribution in [3.8, 4) is 12.3 Å². The third-order valence-electron chi connectivity index (χ3n) is 3.19. The molecule has 0 saturated carbocycles. The minimum Gasteiger partial charge on any atom is -0.306 e. The van der Waals surface area contributed by atoms with Gasteiger partial charge in [0.1, 0.15) is 0 Å². The van der Waals surface area contributed by atoms with Crippen LogP contribution >= 0.6 is 0 Å². The van der Waals surface area contributed by atoms with E-state index in [0.29, 0.717) is 6.42 Å². The molecule has 1 rings (SSSR count). The van der Waals surface area contributed by atoms with E-state index >= 15 is 0 Å². The maximum atomic E-state index is 10.8. The fraction of sp³-hybridized carbons (Fsp3) is 0.467. The smallest absolute Gasteiger partial charge is 0.269 e. The number of nitro groups is 1. The van der Waals surface area contributed by atoms with Gasteiger partial charge in [-0.25, -0.2) is 0 Å². The summed E-state index contributed by atoms with van der Waals surface area (Å²) in [5.41, 5.74) is 1.06. The zero-order chi connectivity index (χ0) is 14.3. The number of nitrogens with zero attached hydrogens (tertiary/aromatic N) is 1. The van der Waals surface area contributed by atoms with E-state index in [-0.39, 0.29) is 22.7 Å². The van der Waals surface area contributed by atoms with E-state index < -0.39 is 0 Å². The van der Waals surface area contributed by atoms with Crippen LogP contribution in [0.25, 0.3) is 0 Å². The normalized spacial score (nSPS) is 13.5. The number of terminal acetylenes is 1. The standard InChI is InChI=1S/C15H20N2O2/c1-4-8-13(5-2)16-15(6-3)12-9-7-10-14(11-12)17(18)19/h1,7,9-11,13,15-16H,5-6,8H2,2-3H3. The van der Waals surface area contributed by atoms with Crippen LogP contribution in [0.3, 0.4) is 0 Å². The van der Waals surface area contributed by atoms with E-state index in [1.807, 2.05) is 6.07 Å². The van der Waals surface area contributed by atoms with Crippen molar-refractivity contribution in [1.29, 1.82) is 0 Å². The highest BCUT2D eigenvalue weighted by molar-refractivity contribution is 5.35. The number of hydrogen-bond acceptors (Lipinski definition) is 3. The molecule has 0 spiro atoms. The predicted octanol–water partition coefficient (Wildman–Crippen LogP) is 3.44. The van der Waals surface area contributed by atoms with Crippen molar-refractivity contribution in [1.82, 2.24) is 5.32 Å². The lowest BCUT2D eigenvalue weighted by Crippen LogP contribution is -2.31. The maximum absolute atomic E-state index is 10.8. The SMILES string of the molecule is C#CCC(CC)NC(CC)c1cccc([N+](=O)[O-])c1. The predicted molar refractivity (Wildman–Crippen MR) is 76.8 cm³/mol. The average molecular weight is 260 g/mol. The lowest BCUT2D eigenvalue weighted by atomic mass is 10.0. The number of non-ortho nitro benzene ring substituents is 1. The van der Waals surface area contributed by atoms with Crippen molar-refractivity contribution in [2.24, 2.45) is 0 Å². The van der Waals surface area contributed by atoms with E-state index in [2.05, 4.69) is 25.1 Å². The highest BCUT2D eigenvalue weighted by Gasteiger charge is 2.16. The molecule has 0 aliphatic rings. The van der Waals surface area contributed by atoms with Gasteiger partial charge in [-0.2, -0.15) is 0 Å². The molecule has 1 aromatic carbocycles. The van der Waals surface area contributed by atoms with Crippen LogP contribution in [0, 0.1) is 22.5 Å². The zero-order valence-corrected chi connectivity index (χ0v) is 11.4. The van der Waals surface area contributed by atoms with Crippen molar-refractivity contribution in [2.45, 2.75) is 45.2 Å². The van der Waals surface area contributed by atoms with Crippen LogP contribution in [0.4, 0.5) is 5.69 Å². The first-order valence-corrected chi connectivity index (χ1v) is 6.56. The summed E-state index contributed by atoms with van der Waals surface area (Å²) in [5.74, 6) is 2.66. The molecule has 0 aliphatic heterocycles. The van der Waals surface area contributed by atoms with E-state index in [0.717, 1.165) is 18.4 Å².